The van der Waals surface area contributed by atoms with Crippen LogP contribution in [0.15, 0.2) is 10.9 Å². The molecule has 0 aliphatic carbocycles. The maximum absolute atomic E-state index is 12.5. The van der Waals surface area contributed by atoms with Crippen molar-refractivity contribution in [2.24, 2.45) is 0 Å². The number of ether oxygens (including phenoxy) is 2. The Labute approximate surface area is 108 Å². The van der Waals surface area contributed by atoms with Gasteiger partial charge in [-0.1, -0.05) is 0 Å². The quantitative estimate of drug-likeness (QED) is 0.685. The standard InChI is InChI=1S/C10H8F5NO4/c1-2-19-9(18)4-3-5(20-10(13,14)15)6(7(11)12)16-8(4)17/h3,7H,2H2,1H3,(H,16,17). The van der Waals surface area contributed by atoms with Crippen LogP contribution >= 0.6 is 0 Å². The summed E-state index contributed by atoms with van der Waals surface area (Å²) in [7, 11) is 0. The second-order valence-corrected chi connectivity index (χ2v) is 3.36. The molecule has 0 saturated carbocycles. The molecule has 1 heterocycles. The van der Waals surface area contributed by atoms with Crippen LogP contribution in [0, 0.1) is 0 Å². The predicted molar refractivity (Wildman–Crippen MR) is 54.7 cm³/mol. The second kappa shape index (κ2) is 5.88. The number of aromatic nitrogens is 1. The molecule has 0 unspecified atom stereocenters. The lowest BCUT2D eigenvalue weighted by Gasteiger charge is -2.13. The SMILES string of the molecule is CCOC(=O)c1cc(OC(F)(F)F)c(C(F)F)[nH]c1=O. The second-order valence-electron chi connectivity index (χ2n) is 3.36. The van der Waals surface area contributed by atoms with E-state index in [4.69, 9.17) is 0 Å². The van der Waals surface area contributed by atoms with Gasteiger partial charge in [0.1, 0.15) is 11.3 Å². The number of pyridine rings is 1. The van der Waals surface area contributed by atoms with Crippen LogP contribution in [0.2, 0.25) is 0 Å². The van der Waals surface area contributed by atoms with E-state index in [0.717, 1.165) is 0 Å². The Kier molecular flexibility index (Phi) is 4.69. The molecule has 1 aromatic rings. The van der Waals surface area contributed by atoms with E-state index in [1.807, 2.05) is 0 Å². The molecule has 0 aromatic carbocycles. The molecule has 0 atom stereocenters. The summed E-state index contributed by atoms with van der Waals surface area (Å²) in [6.45, 7) is 1.25. The highest BCUT2D eigenvalue weighted by Crippen LogP contribution is 2.31. The van der Waals surface area contributed by atoms with Gasteiger partial charge in [-0.3, -0.25) is 4.79 Å². The van der Waals surface area contributed by atoms with Crippen LogP contribution in [0.25, 0.3) is 0 Å². The number of hydrogen-bond acceptors (Lipinski definition) is 4. The van der Waals surface area contributed by atoms with Crippen molar-refractivity contribution in [2.45, 2.75) is 19.7 Å². The van der Waals surface area contributed by atoms with E-state index >= 15 is 0 Å². The molecule has 0 radical (unpaired) electrons. The first-order valence-electron chi connectivity index (χ1n) is 5.14. The molecule has 0 spiro atoms. The van der Waals surface area contributed by atoms with Crippen LogP contribution < -0.4 is 10.3 Å². The number of nitrogens with one attached hydrogen (secondary N) is 1. The molecule has 0 aliphatic rings. The van der Waals surface area contributed by atoms with E-state index < -0.39 is 41.3 Å². The molecule has 0 aliphatic heterocycles. The molecule has 20 heavy (non-hydrogen) atoms. The highest BCUT2D eigenvalue weighted by Gasteiger charge is 2.34. The van der Waals surface area contributed by atoms with E-state index in [2.05, 4.69) is 9.47 Å². The molecule has 5 nitrogen and oxygen atoms in total. The lowest BCUT2D eigenvalue weighted by Crippen LogP contribution is -2.25. The monoisotopic (exact) mass is 301 g/mol. The zero-order chi connectivity index (χ0) is 15.5. The summed E-state index contributed by atoms with van der Waals surface area (Å²) in [6, 6.07) is 0.270. The summed E-state index contributed by atoms with van der Waals surface area (Å²) < 4.78 is 69.1. The summed E-state index contributed by atoms with van der Waals surface area (Å²) in [5.41, 5.74) is -3.54. The average Bonchev–Trinajstić information content (AvgIpc) is 2.29. The first kappa shape index (κ1) is 15.9. The van der Waals surface area contributed by atoms with Gasteiger partial charge in [0.15, 0.2) is 5.75 Å². The number of esters is 1. The minimum atomic E-state index is -5.26. The van der Waals surface area contributed by atoms with Crippen molar-refractivity contribution in [3.8, 4) is 5.75 Å². The van der Waals surface area contributed by atoms with Crippen LogP contribution in [0.1, 0.15) is 29.4 Å². The van der Waals surface area contributed by atoms with Gasteiger partial charge >= 0.3 is 12.3 Å². The summed E-state index contributed by atoms with van der Waals surface area (Å²) in [5.74, 6) is -2.61. The highest BCUT2D eigenvalue weighted by atomic mass is 19.4. The molecular formula is C10H8F5NO4. The molecule has 10 heteroatoms. The number of halogens is 5. The van der Waals surface area contributed by atoms with Crippen molar-refractivity contribution in [3.05, 3.63) is 27.7 Å². The van der Waals surface area contributed by atoms with Gasteiger partial charge in [-0.25, -0.2) is 13.6 Å². The van der Waals surface area contributed by atoms with Gasteiger partial charge in [-0.05, 0) is 6.92 Å². The summed E-state index contributed by atoms with van der Waals surface area (Å²) in [6.07, 6.45) is -8.68. The highest BCUT2D eigenvalue weighted by molar-refractivity contribution is 5.89. The maximum Gasteiger partial charge on any atom is 0.573 e. The molecule has 1 aromatic heterocycles. The smallest absolute Gasteiger partial charge is 0.462 e. The van der Waals surface area contributed by atoms with Crippen LogP contribution in [0.3, 0.4) is 0 Å². The molecule has 1 rings (SSSR count). The zero-order valence-electron chi connectivity index (χ0n) is 9.88. The number of carbonyl (C=O) groups is 1. The fourth-order valence-corrected chi connectivity index (χ4v) is 1.26. The van der Waals surface area contributed by atoms with E-state index in [-0.39, 0.29) is 12.7 Å². The Morgan fingerprint density at radius 2 is 2.00 bits per heavy atom. The maximum atomic E-state index is 12.5. The van der Waals surface area contributed by atoms with Crippen molar-refractivity contribution in [1.82, 2.24) is 4.98 Å². The topological polar surface area (TPSA) is 68.4 Å². The fraction of sp³-hybridized carbons (Fsp3) is 0.400. The fourth-order valence-electron chi connectivity index (χ4n) is 1.26. The van der Waals surface area contributed by atoms with Crippen molar-refractivity contribution in [1.29, 1.82) is 0 Å². The number of hydrogen-bond donors (Lipinski definition) is 1. The van der Waals surface area contributed by atoms with E-state index in [1.54, 1.807) is 0 Å². The van der Waals surface area contributed by atoms with Gasteiger partial charge in [-0.2, -0.15) is 0 Å². The minimum Gasteiger partial charge on any atom is -0.462 e. The minimum absolute atomic E-state index is 0.148. The van der Waals surface area contributed by atoms with Crippen LogP contribution in [0.5, 0.6) is 5.75 Å². The largest absolute Gasteiger partial charge is 0.573 e. The first-order valence-corrected chi connectivity index (χ1v) is 5.14. The number of alkyl halides is 5. The number of carbonyl (C=O) groups excluding carboxylic acids is 1. The van der Waals surface area contributed by atoms with Gasteiger partial charge < -0.3 is 14.5 Å². The van der Waals surface area contributed by atoms with E-state index in [9.17, 15) is 31.5 Å². The Hall–Kier alpha value is -2.13. The Balaban J connectivity index is 3.34. The van der Waals surface area contributed by atoms with Gasteiger partial charge in [0, 0.05) is 6.07 Å². The van der Waals surface area contributed by atoms with Crippen molar-refractivity contribution < 1.29 is 36.2 Å². The first-order chi connectivity index (χ1) is 9.15. The van der Waals surface area contributed by atoms with Crippen molar-refractivity contribution in [3.63, 3.8) is 0 Å². The van der Waals surface area contributed by atoms with E-state index in [0.29, 0.717) is 0 Å². The van der Waals surface area contributed by atoms with Crippen LogP contribution in [-0.4, -0.2) is 23.9 Å². The molecule has 0 fully saturated rings. The lowest BCUT2D eigenvalue weighted by atomic mass is 10.2. The number of H-pyrrole nitrogens is 1. The van der Waals surface area contributed by atoms with E-state index in [1.165, 1.54) is 11.9 Å². The number of rotatable bonds is 4. The number of aromatic amines is 1. The van der Waals surface area contributed by atoms with Crippen LogP contribution in [0.4, 0.5) is 22.0 Å². The molecule has 1 N–H and O–H groups in total. The molecule has 0 bridgehead atoms. The van der Waals surface area contributed by atoms with Crippen LogP contribution in [-0.2, 0) is 4.74 Å². The van der Waals surface area contributed by atoms with Gasteiger partial charge in [-0.15, -0.1) is 13.2 Å². The Bertz CT molecular complexity index is 552. The van der Waals surface area contributed by atoms with Gasteiger partial charge in [0.2, 0.25) is 0 Å². The molecular weight excluding hydrogens is 293 g/mol. The van der Waals surface area contributed by atoms with Crippen molar-refractivity contribution >= 4 is 5.97 Å². The summed E-state index contributed by atoms with van der Waals surface area (Å²) >= 11 is 0. The average molecular weight is 301 g/mol. The summed E-state index contributed by atoms with van der Waals surface area (Å²) in [4.78, 5) is 24.1. The normalized spacial score (nSPS) is 11.6. The zero-order valence-corrected chi connectivity index (χ0v) is 9.88. The summed E-state index contributed by atoms with van der Waals surface area (Å²) in [5, 5.41) is 0. The Morgan fingerprint density at radius 1 is 1.40 bits per heavy atom. The predicted octanol–water partition coefficient (Wildman–Crippen LogP) is 2.39. The third-order valence-corrected chi connectivity index (χ3v) is 1.97. The Morgan fingerprint density at radius 3 is 2.45 bits per heavy atom. The van der Waals surface area contributed by atoms with Crippen molar-refractivity contribution in [2.75, 3.05) is 6.61 Å². The third-order valence-electron chi connectivity index (χ3n) is 1.97. The van der Waals surface area contributed by atoms with Gasteiger partial charge in [0.25, 0.3) is 12.0 Å². The third kappa shape index (κ3) is 3.93. The molecule has 112 valence electrons. The molecule has 0 amide bonds. The van der Waals surface area contributed by atoms with Gasteiger partial charge in [0.05, 0.1) is 6.61 Å². The molecule has 0 saturated heterocycles. The lowest BCUT2D eigenvalue weighted by molar-refractivity contribution is -0.275.